The van der Waals surface area contributed by atoms with E-state index in [0.717, 1.165) is 10.7 Å². The van der Waals surface area contributed by atoms with E-state index < -0.39 is 17.6 Å². The number of nitrogens with one attached hydrogen (secondary N) is 1. The van der Waals surface area contributed by atoms with Crippen LogP contribution in [0.3, 0.4) is 0 Å². The summed E-state index contributed by atoms with van der Waals surface area (Å²) in [6.07, 6.45) is -3.85. The molecule has 20 heavy (non-hydrogen) atoms. The molecule has 1 aromatic carbocycles. The summed E-state index contributed by atoms with van der Waals surface area (Å²) < 4.78 is 43.7. The van der Waals surface area contributed by atoms with Gasteiger partial charge in [-0.25, -0.2) is 4.98 Å². The van der Waals surface area contributed by atoms with Gasteiger partial charge in [-0.05, 0) is 46.9 Å². The van der Waals surface area contributed by atoms with Gasteiger partial charge in [-0.1, -0.05) is 0 Å². The van der Waals surface area contributed by atoms with E-state index >= 15 is 0 Å². The molecule has 0 aliphatic heterocycles. The van der Waals surface area contributed by atoms with Crippen LogP contribution in [0.25, 0.3) is 0 Å². The maximum Gasteiger partial charge on any atom is 0.423 e. The van der Waals surface area contributed by atoms with E-state index in [9.17, 15) is 13.2 Å². The van der Waals surface area contributed by atoms with Crippen LogP contribution in [0.1, 0.15) is 5.56 Å². The second-order valence-corrected chi connectivity index (χ2v) is 4.99. The molecule has 0 spiro atoms. The summed E-state index contributed by atoms with van der Waals surface area (Å²) in [4.78, 5) is 7.36. The predicted molar refractivity (Wildman–Crippen MR) is 76.0 cm³/mol. The van der Waals surface area contributed by atoms with Crippen molar-refractivity contribution in [2.75, 3.05) is 12.4 Å². The Morgan fingerprint density at radius 3 is 2.40 bits per heavy atom. The topological polar surface area (TPSA) is 47.0 Å². The summed E-state index contributed by atoms with van der Waals surface area (Å²) in [6.45, 7) is 0. The van der Waals surface area contributed by atoms with Crippen LogP contribution < -0.4 is 10.1 Å². The van der Waals surface area contributed by atoms with Crippen LogP contribution in [0.4, 0.5) is 24.8 Å². The molecule has 0 amide bonds. The minimum atomic E-state index is -4.55. The van der Waals surface area contributed by atoms with Crippen LogP contribution in [0, 0.1) is 3.57 Å². The van der Waals surface area contributed by atoms with Crippen molar-refractivity contribution in [3.05, 3.63) is 39.6 Å². The maximum absolute atomic E-state index is 12.7. The van der Waals surface area contributed by atoms with E-state index in [1.54, 1.807) is 12.1 Å². The Hall–Kier alpha value is -1.58. The van der Waals surface area contributed by atoms with Gasteiger partial charge >= 0.3 is 6.18 Å². The summed E-state index contributed by atoms with van der Waals surface area (Å²) >= 11 is 2.15. The molecule has 106 valence electrons. The van der Waals surface area contributed by atoms with Crippen LogP contribution in [-0.4, -0.2) is 17.1 Å². The Morgan fingerprint density at radius 1 is 1.20 bits per heavy atom. The van der Waals surface area contributed by atoms with Crippen molar-refractivity contribution in [3.63, 3.8) is 0 Å². The monoisotopic (exact) mass is 395 g/mol. The zero-order chi connectivity index (χ0) is 14.8. The molecule has 0 saturated heterocycles. The molecule has 0 unspecified atom stereocenters. The summed E-state index contributed by atoms with van der Waals surface area (Å²) in [6, 6.07) is 7.25. The average molecular weight is 395 g/mol. The Labute approximate surface area is 126 Å². The van der Waals surface area contributed by atoms with E-state index in [1.165, 1.54) is 0 Å². The van der Waals surface area contributed by atoms with Gasteiger partial charge < -0.3 is 10.1 Å². The van der Waals surface area contributed by atoms with Gasteiger partial charge in [-0.2, -0.15) is 18.2 Å². The Bertz CT molecular complexity index is 602. The van der Waals surface area contributed by atoms with Gasteiger partial charge in [0.2, 0.25) is 11.8 Å². The average Bonchev–Trinajstić information content (AvgIpc) is 2.40. The summed E-state index contributed by atoms with van der Waals surface area (Å²) in [7, 11) is 1.13. The highest BCUT2D eigenvalue weighted by Gasteiger charge is 2.36. The lowest BCUT2D eigenvalue weighted by Crippen LogP contribution is -2.11. The van der Waals surface area contributed by atoms with Crippen LogP contribution in [0.5, 0.6) is 5.88 Å². The summed E-state index contributed by atoms with van der Waals surface area (Å²) in [5.41, 5.74) is -0.333. The van der Waals surface area contributed by atoms with Crippen molar-refractivity contribution in [1.29, 1.82) is 0 Å². The first kappa shape index (κ1) is 14.8. The van der Waals surface area contributed by atoms with Crippen molar-refractivity contribution in [2.45, 2.75) is 6.18 Å². The molecule has 0 radical (unpaired) electrons. The van der Waals surface area contributed by atoms with Crippen molar-refractivity contribution < 1.29 is 17.9 Å². The second-order valence-electron chi connectivity index (χ2n) is 3.75. The third kappa shape index (κ3) is 3.50. The molecule has 0 bridgehead atoms. The van der Waals surface area contributed by atoms with Crippen molar-refractivity contribution in [1.82, 2.24) is 9.97 Å². The van der Waals surface area contributed by atoms with Crippen molar-refractivity contribution >= 4 is 34.2 Å². The summed E-state index contributed by atoms with van der Waals surface area (Å²) in [5.74, 6) is -0.475. The van der Waals surface area contributed by atoms with Gasteiger partial charge in [0, 0.05) is 15.5 Å². The molecule has 8 heteroatoms. The zero-order valence-corrected chi connectivity index (χ0v) is 12.4. The third-order valence-electron chi connectivity index (χ3n) is 2.35. The molecule has 2 aromatic rings. The number of rotatable bonds is 3. The first-order valence-corrected chi connectivity index (χ1v) is 6.49. The lowest BCUT2D eigenvalue weighted by Gasteiger charge is -2.12. The number of methoxy groups -OCH3 is 1. The van der Waals surface area contributed by atoms with Gasteiger partial charge in [0.1, 0.15) is 5.56 Å². The molecule has 4 nitrogen and oxygen atoms in total. The van der Waals surface area contributed by atoms with E-state index in [2.05, 4.69) is 42.6 Å². The lowest BCUT2D eigenvalue weighted by atomic mass is 10.3. The molecule has 0 aliphatic carbocycles. The van der Waals surface area contributed by atoms with Crippen molar-refractivity contribution in [3.8, 4) is 5.88 Å². The van der Waals surface area contributed by atoms with Crippen LogP contribution in [-0.2, 0) is 6.18 Å². The number of anilines is 2. The van der Waals surface area contributed by atoms with Crippen LogP contribution in [0.15, 0.2) is 30.5 Å². The predicted octanol–water partition coefficient (Wildman–Crippen LogP) is 3.85. The molecule has 0 aliphatic rings. The number of ether oxygens (including phenoxy) is 1. The minimum Gasteiger partial charge on any atom is -0.480 e. The largest absolute Gasteiger partial charge is 0.480 e. The van der Waals surface area contributed by atoms with Gasteiger partial charge in [-0.15, -0.1) is 0 Å². The molecule has 0 fully saturated rings. The molecule has 0 atom stereocenters. The second kappa shape index (κ2) is 5.81. The molecule has 0 saturated carbocycles. The summed E-state index contributed by atoms with van der Waals surface area (Å²) in [5, 5.41) is 2.81. The highest BCUT2D eigenvalue weighted by Crippen LogP contribution is 2.35. The van der Waals surface area contributed by atoms with Crippen LogP contribution >= 0.6 is 22.6 Å². The van der Waals surface area contributed by atoms with Gasteiger partial charge in [0.15, 0.2) is 0 Å². The number of aromatic nitrogens is 2. The van der Waals surface area contributed by atoms with E-state index in [-0.39, 0.29) is 5.95 Å². The van der Waals surface area contributed by atoms with Gasteiger partial charge in [0.05, 0.1) is 7.11 Å². The third-order valence-corrected chi connectivity index (χ3v) is 3.07. The first-order chi connectivity index (χ1) is 9.40. The molecule has 1 N–H and O–H groups in total. The number of hydrogen-bond acceptors (Lipinski definition) is 4. The fraction of sp³-hybridized carbons (Fsp3) is 0.167. The number of nitrogens with zero attached hydrogens (tertiary/aromatic N) is 2. The van der Waals surface area contributed by atoms with E-state index in [1.807, 2.05) is 12.1 Å². The molecular weight excluding hydrogens is 386 g/mol. The van der Waals surface area contributed by atoms with Crippen molar-refractivity contribution in [2.24, 2.45) is 0 Å². The number of halogens is 4. The number of alkyl halides is 3. The zero-order valence-electron chi connectivity index (χ0n) is 10.2. The van der Waals surface area contributed by atoms with E-state index in [0.29, 0.717) is 11.9 Å². The fourth-order valence-corrected chi connectivity index (χ4v) is 1.80. The molecule has 2 rings (SSSR count). The van der Waals surface area contributed by atoms with Gasteiger partial charge in [-0.3, -0.25) is 0 Å². The molecular formula is C12H9F3IN3O. The number of hydrogen-bond donors (Lipinski definition) is 1. The SMILES string of the molecule is COc1nc(Nc2ccc(I)cc2)ncc1C(F)(F)F. The smallest absolute Gasteiger partial charge is 0.423 e. The fourth-order valence-electron chi connectivity index (χ4n) is 1.44. The highest BCUT2D eigenvalue weighted by atomic mass is 127. The Balaban J connectivity index is 2.28. The van der Waals surface area contributed by atoms with E-state index in [4.69, 9.17) is 0 Å². The Morgan fingerprint density at radius 2 is 1.85 bits per heavy atom. The highest BCUT2D eigenvalue weighted by molar-refractivity contribution is 14.1. The minimum absolute atomic E-state index is 0.0380. The quantitative estimate of drug-likeness (QED) is 0.803. The van der Waals surface area contributed by atoms with Gasteiger partial charge in [0.25, 0.3) is 0 Å². The van der Waals surface area contributed by atoms with Crippen LogP contribution in [0.2, 0.25) is 0 Å². The molecule has 1 aromatic heterocycles. The molecule has 1 heterocycles. The standard InChI is InChI=1S/C12H9F3IN3O/c1-20-10-9(12(13,14)15)6-17-11(19-10)18-8-4-2-7(16)3-5-8/h2-6H,1H3,(H,17,18,19). The Kier molecular flexibility index (Phi) is 4.31. The number of benzene rings is 1. The lowest BCUT2D eigenvalue weighted by molar-refractivity contribution is -0.139. The normalized spacial score (nSPS) is 11.2. The first-order valence-electron chi connectivity index (χ1n) is 5.41. The maximum atomic E-state index is 12.7.